The molecule has 1 aliphatic carbocycles. The molecule has 1 aromatic carbocycles. The Labute approximate surface area is 117 Å². The van der Waals surface area contributed by atoms with Crippen molar-refractivity contribution < 1.29 is 0 Å². The summed E-state index contributed by atoms with van der Waals surface area (Å²) in [5.41, 5.74) is 1.41. The van der Waals surface area contributed by atoms with E-state index in [9.17, 15) is 0 Å². The first-order chi connectivity index (χ1) is 7.94. The maximum Gasteiger partial charge on any atom is 0.0219 e. The Morgan fingerprint density at radius 1 is 1.35 bits per heavy atom. The molecule has 3 heteroatoms. The summed E-state index contributed by atoms with van der Waals surface area (Å²) in [7, 11) is 0. The van der Waals surface area contributed by atoms with Gasteiger partial charge in [-0.15, -0.1) is 11.8 Å². The van der Waals surface area contributed by atoms with Gasteiger partial charge in [-0.3, -0.25) is 0 Å². The van der Waals surface area contributed by atoms with Gasteiger partial charge in [0, 0.05) is 26.7 Å². The van der Waals surface area contributed by atoms with Crippen molar-refractivity contribution in [1.82, 2.24) is 5.32 Å². The van der Waals surface area contributed by atoms with Crippen LogP contribution in [0.1, 0.15) is 39.2 Å². The molecule has 0 amide bonds. The first-order valence-corrected chi connectivity index (χ1v) is 7.76. The van der Waals surface area contributed by atoms with Crippen molar-refractivity contribution in [2.24, 2.45) is 0 Å². The molecule has 1 fully saturated rings. The third-order valence-corrected chi connectivity index (χ3v) is 4.32. The molecule has 94 valence electrons. The fourth-order valence-corrected chi connectivity index (χ4v) is 3.12. The average Bonchev–Trinajstić information content (AvgIpc) is 3.00. The zero-order valence-electron chi connectivity index (χ0n) is 10.7. The van der Waals surface area contributed by atoms with Crippen LogP contribution in [0.2, 0.25) is 0 Å². The van der Waals surface area contributed by atoms with Crippen molar-refractivity contribution in [2.75, 3.05) is 0 Å². The van der Waals surface area contributed by atoms with Crippen LogP contribution >= 0.6 is 27.7 Å². The van der Waals surface area contributed by atoms with Crippen LogP contribution in [0.5, 0.6) is 0 Å². The minimum atomic E-state index is 0.266. The molecule has 17 heavy (non-hydrogen) atoms. The van der Waals surface area contributed by atoms with Gasteiger partial charge in [0.15, 0.2) is 0 Å². The molecular weight excluding hydrogens is 294 g/mol. The van der Waals surface area contributed by atoms with E-state index in [1.165, 1.54) is 27.8 Å². The van der Waals surface area contributed by atoms with Crippen LogP contribution < -0.4 is 5.32 Å². The van der Waals surface area contributed by atoms with Crippen LogP contribution in [0.4, 0.5) is 0 Å². The highest BCUT2D eigenvalue weighted by atomic mass is 79.9. The summed E-state index contributed by atoms with van der Waals surface area (Å²) < 4.78 is 1.44. The van der Waals surface area contributed by atoms with Crippen LogP contribution in [0.3, 0.4) is 0 Å². The molecule has 0 bridgehead atoms. The Balaban J connectivity index is 2.11. The molecule has 0 radical (unpaired) electrons. The molecule has 2 rings (SSSR count). The van der Waals surface area contributed by atoms with Gasteiger partial charge >= 0.3 is 0 Å². The van der Waals surface area contributed by atoms with Gasteiger partial charge in [0.05, 0.1) is 0 Å². The number of hydrogen-bond donors (Lipinski definition) is 1. The van der Waals surface area contributed by atoms with E-state index >= 15 is 0 Å². The van der Waals surface area contributed by atoms with Crippen LogP contribution in [0.15, 0.2) is 27.6 Å². The van der Waals surface area contributed by atoms with Gasteiger partial charge in [-0.1, -0.05) is 36.7 Å². The first-order valence-electron chi connectivity index (χ1n) is 6.15. The van der Waals surface area contributed by atoms with E-state index in [1.807, 2.05) is 11.8 Å². The number of benzene rings is 1. The number of rotatable bonds is 4. The Kier molecular flexibility index (Phi) is 4.22. The van der Waals surface area contributed by atoms with E-state index in [1.54, 1.807) is 0 Å². The predicted molar refractivity (Wildman–Crippen MR) is 79.6 cm³/mol. The molecule has 1 saturated carbocycles. The second-order valence-corrected chi connectivity index (χ2v) is 8.41. The van der Waals surface area contributed by atoms with Gasteiger partial charge in [-0.05, 0) is 36.6 Å². The highest BCUT2D eigenvalue weighted by Crippen LogP contribution is 2.35. The molecular formula is C14H20BrNS. The van der Waals surface area contributed by atoms with E-state index < -0.39 is 0 Å². The molecule has 1 aromatic rings. The quantitative estimate of drug-likeness (QED) is 0.816. The fraction of sp³-hybridized carbons (Fsp3) is 0.571. The molecule has 0 saturated heterocycles. The molecule has 0 aromatic heterocycles. The largest absolute Gasteiger partial charge is 0.310 e. The monoisotopic (exact) mass is 313 g/mol. The van der Waals surface area contributed by atoms with Gasteiger partial charge in [0.1, 0.15) is 0 Å². The second-order valence-electron chi connectivity index (χ2n) is 5.62. The Bertz CT molecular complexity index is 394. The Hall–Kier alpha value is 0.01000. The molecule has 0 heterocycles. The first kappa shape index (κ1) is 13.4. The summed E-state index contributed by atoms with van der Waals surface area (Å²) >= 11 is 5.51. The van der Waals surface area contributed by atoms with Crippen LogP contribution in [0, 0.1) is 0 Å². The smallest absolute Gasteiger partial charge is 0.0219 e. The van der Waals surface area contributed by atoms with Gasteiger partial charge in [0.2, 0.25) is 0 Å². The summed E-state index contributed by atoms with van der Waals surface area (Å²) in [6.07, 6.45) is 2.69. The summed E-state index contributed by atoms with van der Waals surface area (Å²) in [5.74, 6) is 0. The van der Waals surface area contributed by atoms with E-state index in [2.05, 4.69) is 60.2 Å². The molecule has 1 nitrogen and oxygen atoms in total. The zero-order chi connectivity index (χ0) is 12.5. The van der Waals surface area contributed by atoms with Crippen LogP contribution in [-0.4, -0.2) is 10.8 Å². The lowest BCUT2D eigenvalue weighted by atomic mass is 10.2. The third-order valence-electron chi connectivity index (χ3n) is 2.60. The topological polar surface area (TPSA) is 12.0 Å². The van der Waals surface area contributed by atoms with Gasteiger partial charge in [-0.2, -0.15) is 0 Å². The summed E-state index contributed by atoms with van der Waals surface area (Å²) in [4.78, 5) is 1.40. The summed E-state index contributed by atoms with van der Waals surface area (Å²) in [6, 6.07) is 7.36. The van der Waals surface area contributed by atoms with Crippen molar-refractivity contribution in [3.05, 3.63) is 28.2 Å². The van der Waals surface area contributed by atoms with Crippen molar-refractivity contribution >= 4 is 27.7 Å². The molecule has 0 aliphatic heterocycles. The van der Waals surface area contributed by atoms with Crippen LogP contribution in [0.25, 0.3) is 0 Å². The minimum absolute atomic E-state index is 0.266. The molecule has 1 aliphatic rings. The van der Waals surface area contributed by atoms with Crippen molar-refractivity contribution in [1.29, 1.82) is 0 Å². The van der Waals surface area contributed by atoms with E-state index in [0.29, 0.717) is 0 Å². The van der Waals surface area contributed by atoms with Crippen molar-refractivity contribution in [2.45, 2.75) is 55.8 Å². The lowest BCUT2D eigenvalue weighted by molar-refractivity contribution is 0.679. The van der Waals surface area contributed by atoms with Gasteiger partial charge < -0.3 is 5.32 Å². The van der Waals surface area contributed by atoms with Gasteiger partial charge in [-0.25, -0.2) is 0 Å². The second kappa shape index (κ2) is 5.33. The van der Waals surface area contributed by atoms with E-state index in [0.717, 1.165) is 12.6 Å². The Morgan fingerprint density at radius 3 is 2.65 bits per heavy atom. The van der Waals surface area contributed by atoms with Crippen molar-refractivity contribution in [3.8, 4) is 0 Å². The van der Waals surface area contributed by atoms with Gasteiger partial charge in [0.25, 0.3) is 0 Å². The normalized spacial score (nSPS) is 16.2. The molecule has 1 N–H and O–H groups in total. The van der Waals surface area contributed by atoms with E-state index in [-0.39, 0.29) is 4.75 Å². The number of thioether (sulfide) groups is 1. The summed E-state index contributed by atoms with van der Waals surface area (Å²) in [5, 5.41) is 3.59. The lowest BCUT2D eigenvalue weighted by Crippen LogP contribution is -2.16. The summed E-state index contributed by atoms with van der Waals surface area (Å²) in [6.45, 7) is 7.77. The highest BCUT2D eigenvalue weighted by molar-refractivity contribution is 9.10. The SMILES string of the molecule is CC(C)(C)Sc1ccc(Br)cc1CNC1CC1. The zero-order valence-corrected chi connectivity index (χ0v) is 13.1. The number of nitrogens with one attached hydrogen (secondary N) is 1. The van der Waals surface area contributed by atoms with Crippen LogP contribution in [-0.2, 0) is 6.54 Å². The minimum Gasteiger partial charge on any atom is -0.310 e. The maximum absolute atomic E-state index is 3.59. The van der Waals surface area contributed by atoms with E-state index in [4.69, 9.17) is 0 Å². The fourth-order valence-electron chi connectivity index (χ4n) is 1.66. The average molecular weight is 314 g/mol. The number of hydrogen-bond acceptors (Lipinski definition) is 2. The number of halogens is 1. The highest BCUT2D eigenvalue weighted by Gasteiger charge is 2.21. The molecule has 0 spiro atoms. The maximum atomic E-state index is 3.59. The third kappa shape index (κ3) is 4.65. The lowest BCUT2D eigenvalue weighted by Gasteiger charge is -2.20. The standard InChI is InChI=1S/C14H20BrNS/c1-14(2,3)17-13-7-4-11(15)8-10(13)9-16-12-5-6-12/h4,7-8,12,16H,5-6,9H2,1-3H3. The predicted octanol–water partition coefficient (Wildman–Crippen LogP) is 4.59. The molecule has 0 atom stereocenters. The molecule has 0 unspecified atom stereocenters. The van der Waals surface area contributed by atoms with Crippen molar-refractivity contribution in [3.63, 3.8) is 0 Å². The Morgan fingerprint density at radius 2 is 2.06 bits per heavy atom.